The predicted octanol–water partition coefficient (Wildman–Crippen LogP) is 5.27. The van der Waals surface area contributed by atoms with Crippen molar-refractivity contribution in [1.82, 2.24) is 4.98 Å². The molecule has 0 saturated carbocycles. The van der Waals surface area contributed by atoms with Gasteiger partial charge < -0.3 is 0 Å². The molecule has 0 atom stereocenters. The quantitative estimate of drug-likeness (QED) is 0.426. The zero-order valence-electron chi connectivity index (χ0n) is 9.03. The molecule has 1 aromatic heterocycles. The molecule has 0 N–H and O–H groups in total. The van der Waals surface area contributed by atoms with Crippen LogP contribution in [0.2, 0.25) is 20.2 Å². The maximum Gasteiger partial charge on any atom is 0.307 e. The number of hydrogen-bond acceptors (Lipinski definition) is 3. The van der Waals surface area contributed by atoms with Crippen LogP contribution >= 0.6 is 46.4 Å². The molecular weight excluding hydrogens is 334 g/mol. The molecule has 0 spiro atoms. The second-order valence-electron chi connectivity index (χ2n) is 3.54. The summed E-state index contributed by atoms with van der Waals surface area (Å²) in [4.78, 5) is 13.9. The highest BCUT2D eigenvalue weighted by molar-refractivity contribution is 6.41. The molecule has 98 valence electrons. The van der Waals surface area contributed by atoms with Crippen LogP contribution in [0.15, 0.2) is 24.4 Å². The summed E-state index contributed by atoms with van der Waals surface area (Å²) in [7, 11) is 0. The molecule has 0 saturated heterocycles. The molecule has 19 heavy (non-hydrogen) atoms. The van der Waals surface area contributed by atoms with Gasteiger partial charge in [0, 0.05) is 28.4 Å². The largest absolute Gasteiger partial charge is 0.307 e. The van der Waals surface area contributed by atoms with Gasteiger partial charge in [0.1, 0.15) is 0 Å². The van der Waals surface area contributed by atoms with E-state index in [-0.39, 0.29) is 20.9 Å². The topological polar surface area (TPSA) is 56.0 Å². The van der Waals surface area contributed by atoms with Crippen molar-refractivity contribution >= 4 is 52.1 Å². The summed E-state index contributed by atoms with van der Waals surface area (Å²) in [6.45, 7) is 0. The lowest BCUT2D eigenvalue weighted by atomic mass is 10.1. The van der Waals surface area contributed by atoms with Gasteiger partial charge in [-0.2, -0.15) is 0 Å². The van der Waals surface area contributed by atoms with Gasteiger partial charge >= 0.3 is 5.69 Å². The average molecular weight is 338 g/mol. The van der Waals surface area contributed by atoms with Gasteiger partial charge in [0.05, 0.1) is 15.0 Å². The molecule has 0 aliphatic carbocycles. The third-order valence-corrected chi connectivity index (χ3v) is 3.42. The lowest BCUT2D eigenvalue weighted by molar-refractivity contribution is -0.385. The van der Waals surface area contributed by atoms with Crippen molar-refractivity contribution < 1.29 is 4.92 Å². The Balaban J connectivity index is 2.66. The Morgan fingerprint density at radius 1 is 1.05 bits per heavy atom. The Bertz CT molecular complexity index is 653. The summed E-state index contributed by atoms with van der Waals surface area (Å²) >= 11 is 23.5. The lowest BCUT2D eigenvalue weighted by Crippen LogP contribution is -1.93. The summed E-state index contributed by atoms with van der Waals surface area (Å²) in [5.74, 6) is 0. The van der Waals surface area contributed by atoms with E-state index in [1.807, 2.05) is 0 Å². The van der Waals surface area contributed by atoms with Crippen molar-refractivity contribution in [1.29, 1.82) is 0 Å². The SMILES string of the molecule is O=[N+]([O-])c1cc(-c2c(Cl)cc(Cl)cc2Cl)cnc1Cl. The molecule has 0 bridgehead atoms. The van der Waals surface area contributed by atoms with Crippen LogP contribution < -0.4 is 0 Å². The minimum absolute atomic E-state index is 0.199. The highest BCUT2D eigenvalue weighted by atomic mass is 35.5. The number of nitro groups is 1. The molecule has 8 heteroatoms. The van der Waals surface area contributed by atoms with Gasteiger partial charge in [-0.25, -0.2) is 4.98 Å². The van der Waals surface area contributed by atoms with Crippen LogP contribution in [0.25, 0.3) is 11.1 Å². The summed E-state index contributed by atoms with van der Waals surface area (Å²) in [6, 6.07) is 4.24. The molecule has 0 fully saturated rings. The molecule has 0 radical (unpaired) electrons. The van der Waals surface area contributed by atoms with Crippen molar-refractivity contribution in [3.8, 4) is 11.1 Å². The van der Waals surface area contributed by atoms with Gasteiger partial charge in [0.25, 0.3) is 0 Å². The van der Waals surface area contributed by atoms with Crippen LogP contribution in [0.4, 0.5) is 5.69 Å². The maximum atomic E-state index is 10.8. The minimum atomic E-state index is -0.628. The van der Waals surface area contributed by atoms with E-state index < -0.39 is 4.92 Å². The molecule has 2 aromatic rings. The van der Waals surface area contributed by atoms with Gasteiger partial charge in [-0.15, -0.1) is 0 Å². The number of halogens is 4. The smallest absolute Gasteiger partial charge is 0.258 e. The van der Waals surface area contributed by atoms with Crippen molar-refractivity contribution in [2.75, 3.05) is 0 Å². The number of pyridine rings is 1. The Kier molecular flexibility index (Phi) is 4.16. The van der Waals surface area contributed by atoms with Crippen LogP contribution in [-0.2, 0) is 0 Å². The average Bonchev–Trinajstić information content (AvgIpc) is 2.29. The molecule has 1 aromatic carbocycles. The standard InChI is InChI=1S/C11H4Cl4N2O2/c12-6-2-7(13)10(8(14)3-6)5-1-9(17(18)19)11(15)16-4-5/h1-4H. The first-order valence-corrected chi connectivity index (χ1v) is 6.36. The Morgan fingerprint density at radius 3 is 2.16 bits per heavy atom. The van der Waals surface area contributed by atoms with Crippen molar-refractivity contribution in [2.45, 2.75) is 0 Å². The molecule has 0 aliphatic rings. The van der Waals surface area contributed by atoms with E-state index in [4.69, 9.17) is 46.4 Å². The van der Waals surface area contributed by atoms with E-state index >= 15 is 0 Å². The minimum Gasteiger partial charge on any atom is -0.258 e. The van der Waals surface area contributed by atoms with Crippen LogP contribution in [0.1, 0.15) is 0 Å². The van der Waals surface area contributed by atoms with Crippen molar-refractivity contribution in [3.05, 3.63) is 54.7 Å². The van der Waals surface area contributed by atoms with Crippen molar-refractivity contribution in [3.63, 3.8) is 0 Å². The molecule has 1 heterocycles. The monoisotopic (exact) mass is 336 g/mol. The third kappa shape index (κ3) is 2.92. The molecule has 0 unspecified atom stereocenters. The van der Waals surface area contributed by atoms with E-state index in [2.05, 4.69) is 4.98 Å². The Hall–Kier alpha value is -1.07. The lowest BCUT2D eigenvalue weighted by Gasteiger charge is -2.08. The van der Waals surface area contributed by atoms with E-state index in [0.29, 0.717) is 16.1 Å². The first kappa shape index (κ1) is 14.3. The first-order valence-electron chi connectivity index (χ1n) is 4.85. The van der Waals surface area contributed by atoms with E-state index in [0.717, 1.165) is 0 Å². The van der Waals surface area contributed by atoms with Gasteiger partial charge in [0.15, 0.2) is 0 Å². The molecule has 0 amide bonds. The molecule has 2 rings (SSSR count). The maximum absolute atomic E-state index is 10.8. The van der Waals surface area contributed by atoms with Crippen molar-refractivity contribution in [2.24, 2.45) is 0 Å². The second kappa shape index (κ2) is 5.51. The van der Waals surface area contributed by atoms with Gasteiger partial charge in [-0.3, -0.25) is 10.1 Å². The number of nitrogens with zero attached hydrogens (tertiary/aromatic N) is 2. The first-order chi connectivity index (χ1) is 8.90. The van der Waals surface area contributed by atoms with Crippen LogP contribution in [0.3, 0.4) is 0 Å². The number of rotatable bonds is 2. The Morgan fingerprint density at radius 2 is 1.63 bits per heavy atom. The van der Waals surface area contributed by atoms with E-state index in [1.165, 1.54) is 24.4 Å². The second-order valence-corrected chi connectivity index (χ2v) is 5.14. The van der Waals surface area contributed by atoms with E-state index in [1.54, 1.807) is 0 Å². The van der Waals surface area contributed by atoms with Gasteiger partial charge in [-0.1, -0.05) is 46.4 Å². The highest BCUT2D eigenvalue weighted by Crippen LogP contribution is 2.38. The molecule has 0 aliphatic heterocycles. The molecular formula is C11H4Cl4N2O2. The third-order valence-electron chi connectivity index (χ3n) is 2.31. The zero-order valence-corrected chi connectivity index (χ0v) is 12.1. The number of aromatic nitrogens is 1. The summed E-state index contributed by atoms with van der Waals surface area (Å²) in [5.41, 5.74) is 0.490. The fourth-order valence-corrected chi connectivity index (χ4v) is 2.73. The fraction of sp³-hybridized carbons (Fsp3) is 0. The van der Waals surface area contributed by atoms with Crippen LogP contribution in [0.5, 0.6) is 0 Å². The Labute approximate surface area is 128 Å². The van der Waals surface area contributed by atoms with Gasteiger partial charge in [-0.05, 0) is 12.1 Å². The number of hydrogen-bond donors (Lipinski definition) is 0. The fourth-order valence-electron chi connectivity index (χ4n) is 1.52. The predicted molar refractivity (Wildman–Crippen MR) is 76.4 cm³/mol. The summed E-state index contributed by atoms with van der Waals surface area (Å²) in [6.07, 6.45) is 1.36. The normalized spacial score (nSPS) is 10.5. The van der Waals surface area contributed by atoms with E-state index in [9.17, 15) is 10.1 Å². The highest BCUT2D eigenvalue weighted by Gasteiger charge is 2.18. The number of benzene rings is 1. The zero-order chi connectivity index (χ0) is 14.2. The summed E-state index contributed by atoms with van der Waals surface area (Å²) < 4.78 is 0. The van der Waals surface area contributed by atoms with Crippen LogP contribution in [-0.4, -0.2) is 9.91 Å². The van der Waals surface area contributed by atoms with Crippen LogP contribution in [0, 0.1) is 10.1 Å². The summed E-state index contributed by atoms with van der Waals surface area (Å²) in [5, 5.41) is 11.5. The molecule has 4 nitrogen and oxygen atoms in total. The van der Waals surface area contributed by atoms with Gasteiger partial charge in [0.2, 0.25) is 5.15 Å².